The summed E-state index contributed by atoms with van der Waals surface area (Å²) in [6, 6.07) is 9.35. The summed E-state index contributed by atoms with van der Waals surface area (Å²) in [4.78, 5) is 2.61. The van der Waals surface area contributed by atoms with Crippen molar-refractivity contribution in [2.75, 3.05) is 26.2 Å². The first-order chi connectivity index (χ1) is 7.83. The highest BCUT2D eigenvalue weighted by Crippen LogP contribution is 2.28. The van der Waals surface area contributed by atoms with Crippen molar-refractivity contribution in [1.29, 1.82) is 0 Å². The average Bonchev–Trinajstić information content (AvgIpc) is 2.34. The Labute approximate surface area is 112 Å². The van der Waals surface area contributed by atoms with Crippen LogP contribution in [0, 0.1) is 3.57 Å². The van der Waals surface area contributed by atoms with Crippen LogP contribution < -0.4 is 5.32 Å². The molecule has 0 unspecified atom stereocenters. The van der Waals surface area contributed by atoms with Crippen molar-refractivity contribution in [1.82, 2.24) is 10.2 Å². The number of nitrogens with zero attached hydrogens (tertiary/aromatic N) is 1. The van der Waals surface area contributed by atoms with E-state index in [1.54, 1.807) is 0 Å². The molecular weight excluding hydrogens is 311 g/mol. The molecule has 1 aromatic carbocycles. The van der Waals surface area contributed by atoms with E-state index in [-0.39, 0.29) is 0 Å². The fraction of sp³-hybridized carbons (Fsp3) is 0.538. The minimum absolute atomic E-state index is 0.593. The monoisotopic (exact) mass is 330 g/mol. The van der Waals surface area contributed by atoms with Gasteiger partial charge in [0.1, 0.15) is 0 Å². The molecule has 3 heteroatoms. The Hall–Kier alpha value is -0.130. The van der Waals surface area contributed by atoms with E-state index in [1.807, 2.05) is 0 Å². The van der Waals surface area contributed by atoms with Crippen LogP contribution in [-0.4, -0.2) is 31.1 Å². The van der Waals surface area contributed by atoms with Gasteiger partial charge in [0.15, 0.2) is 0 Å². The summed E-state index contributed by atoms with van der Waals surface area (Å²) in [7, 11) is 0. The molecule has 1 aromatic rings. The lowest BCUT2D eigenvalue weighted by molar-refractivity contribution is 0.169. The molecule has 2 rings (SSSR count). The molecule has 0 saturated carbocycles. The summed E-state index contributed by atoms with van der Waals surface area (Å²) >= 11 is 2.45. The van der Waals surface area contributed by atoms with Crippen LogP contribution in [0.15, 0.2) is 24.3 Å². The van der Waals surface area contributed by atoms with E-state index in [2.05, 4.69) is 64.0 Å². The standard InChI is InChI=1S/C13H19IN2/c1-2-13(16-9-7-15-8-10-16)11-5-3-4-6-12(11)14/h3-6,13,15H,2,7-10H2,1H3/t13-/m1/s1. The molecule has 1 N–H and O–H groups in total. The van der Waals surface area contributed by atoms with Crippen LogP contribution in [0.3, 0.4) is 0 Å². The summed E-state index contributed by atoms with van der Waals surface area (Å²) in [5.41, 5.74) is 1.49. The quantitative estimate of drug-likeness (QED) is 0.858. The zero-order valence-corrected chi connectivity index (χ0v) is 11.9. The number of benzene rings is 1. The van der Waals surface area contributed by atoms with Crippen LogP contribution in [0.2, 0.25) is 0 Å². The third-order valence-electron chi connectivity index (χ3n) is 3.24. The molecule has 1 heterocycles. The molecule has 0 spiro atoms. The van der Waals surface area contributed by atoms with Gasteiger partial charge in [-0.25, -0.2) is 0 Å². The molecule has 0 aromatic heterocycles. The molecule has 1 fully saturated rings. The van der Waals surface area contributed by atoms with Crippen molar-refractivity contribution in [2.45, 2.75) is 19.4 Å². The average molecular weight is 330 g/mol. The fourth-order valence-electron chi connectivity index (χ4n) is 2.41. The highest BCUT2D eigenvalue weighted by Gasteiger charge is 2.21. The van der Waals surface area contributed by atoms with Crippen LogP contribution in [-0.2, 0) is 0 Å². The smallest absolute Gasteiger partial charge is 0.0357 e. The van der Waals surface area contributed by atoms with Crippen molar-refractivity contribution in [2.24, 2.45) is 0 Å². The number of halogens is 1. The van der Waals surface area contributed by atoms with Crippen molar-refractivity contribution >= 4 is 22.6 Å². The van der Waals surface area contributed by atoms with E-state index in [9.17, 15) is 0 Å². The Morgan fingerprint density at radius 1 is 1.31 bits per heavy atom. The molecule has 1 aliphatic heterocycles. The van der Waals surface area contributed by atoms with E-state index in [0.29, 0.717) is 6.04 Å². The Morgan fingerprint density at radius 3 is 2.62 bits per heavy atom. The summed E-state index contributed by atoms with van der Waals surface area (Å²) in [6.45, 7) is 6.88. The lowest BCUT2D eigenvalue weighted by atomic mass is 10.0. The largest absolute Gasteiger partial charge is 0.314 e. The SMILES string of the molecule is CC[C@H](c1ccccc1I)N1CCNCC1. The minimum Gasteiger partial charge on any atom is -0.314 e. The molecule has 0 amide bonds. The maximum atomic E-state index is 3.42. The molecule has 0 radical (unpaired) electrons. The van der Waals surface area contributed by atoms with Crippen LogP contribution in [0.25, 0.3) is 0 Å². The van der Waals surface area contributed by atoms with Gasteiger partial charge < -0.3 is 5.32 Å². The lowest BCUT2D eigenvalue weighted by Crippen LogP contribution is -2.45. The Morgan fingerprint density at radius 2 is 2.00 bits per heavy atom. The number of nitrogens with one attached hydrogen (secondary N) is 1. The number of piperazine rings is 1. The second kappa shape index (κ2) is 5.98. The van der Waals surface area contributed by atoms with E-state index in [1.165, 1.54) is 28.6 Å². The first-order valence-corrected chi connectivity index (χ1v) is 7.10. The maximum absolute atomic E-state index is 3.42. The van der Waals surface area contributed by atoms with E-state index >= 15 is 0 Å². The van der Waals surface area contributed by atoms with Gasteiger partial charge in [-0.1, -0.05) is 25.1 Å². The number of rotatable bonds is 3. The second-order valence-electron chi connectivity index (χ2n) is 4.23. The first-order valence-electron chi connectivity index (χ1n) is 6.02. The maximum Gasteiger partial charge on any atom is 0.0357 e. The third-order valence-corrected chi connectivity index (χ3v) is 4.23. The minimum atomic E-state index is 0.593. The van der Waals surface area contributed by atoms with E-state index < -0.39 is 0 Å². The van der Waals surface area contributed by atoms with Crippen molar-refractivity contribution < 1.29 is 0 Å². The van der Waals surface area contributed by atoms with Gasteiger partial charge in [0.2, 0.25) is 0 Å². The third kappa shape index (κ3) is 2.76. The van der Waals surface area contributed by atoms with Crippen LogP contribution in [0.5, 0.6) is 0 Å². The van der Waals surface area contributed by atoms with Gasteiger partial charge in [0.05, 0.1) is 0 Å². The highest BCUT2D eigenvalue weighted by molar-refractivity contribution is 14.1. The topological polar surface area (TPSA) is 15.3 Å². The summed E-state index contributed by atoms with van der Waals surface area (Å²) in [5, 5.41) is 3.42. The molecule has 88 valence electrons. The molecule has 1 aliphatic rings. The van der Waals surface area contributed by atoms with Gasteiger partial charge in [-0.15, -0.1) is 0 Å². The predicted octanol–water partition coefficient (Wildman–Crippen LogP) is 2.65. The molecule has 0 bridgehead atoms. The van der Waals surface area contributed by atoms with Gasteiger partial charge in [0, 0.05) is 35.8 Å². The summed E-state index contributed by atoms with van der Waals surface area (Å²) in [6.07, 6.45) is 1.19. The van der Waals surface area contributed by atoms with E-state index in [4.69, 9.17) is 0 Å². The first kappa shape index (κ1) is 12.3. The predicted molar refractivity (Wildman–Crippen MR) is 76.6 cm³/mol. The highest BCUT2D eigenvalue weighted by atomic mass is 127. The van der Waals surface area contributed by atoms with Gasteiger partial charge in [-0.3, -0.25) is 4.90 Å². The summed E-state index contributed by atoms with van der Waals surface area (Å²) < 4.78 is 1.39. The number of hydrogen-bond acceptors (Lipinski definition) is 2. The zero-order chi connectivity index (χ0) is 11.4. The van der Waals surface area contributed by atoms with Crippen molar-refractivity contribution in [3.05, 3.63) is 33.4 Å². The normalized spacial score (nSPS) is 19.6. The van der Waals surface area contributed by atoms with Gasteiger partial charge in [0.25, 0.3) is 0 Å². The van der Waals surface area contributed by atoms with Gasteiger partial charge in [-0.05, 0) is 40.6 Å². The van der Waals surface area contributed by atoms with Crippen molar-refractivity contribution in [3.8, 4) is 0 Å². The van der Waals surface area contributed by atoms with Crippen LogP contribution in [0.1, 0.15) is 24.9 Å². The Balaban J connectivity index is 2.18. The van der Waals surface area contributed by atoms with Gasteiger partial charge in [-0.2, -0.15) is 0 Å². The van der Waals surface area contributed by atoms with Crippen LogP contribution in [0.4, 0.5) is 0 Å². The summed E-state index contributed by atoms with van der Waals surface area (Å²) in [5.74, 6) is 0. The van der Waals surface area contributed by atoms with Gasteiger partial charge >= 0.3 is 0 Å². The zero-order valence-electron chi connectivity index (χ0n) is 9.75. The molecule has 1 saturated heterocycles. The molecule has 2 nitrogen and oxygen atoms in total. The lowest BCUT2D eigenvalue weighted by Gasteiger charge is -2.35. The van der Waals surface area contributed by atoms with E-state index in [0.717, 1.165) is 13.1 Å². The fourth-order valence-corrected chi connectivity index (χ4v) is 3.16. The second-order valence-corrected chi connectivity index (χ2v) is 5.39. The Kier molecular flexibility index (Phi) is 4.61. The molecular formula is C13H19IN2. The molecule has 1 atom stereocenters. The number of hydrogen-bond donors (Lipinski definition) is 1. The van der Waals surface area contributed by atoms with Crippen molar-refractivity contribution in [3.63, 3.8) is 0 Å². The molecule has 0 aliphatic carbocycles. The van der Waals surface area contributed by atoms with Crippen LogP contribution >= 0.6 is 22.6 Å². The molecule has 16 heavy (non-hydrogen) atoms. The Bertz CT molecular complexity index is 334.